The van der Waals surface area contributed by atoms with Gasteiger partial charge in [-0.2, -0.15) is 0 Å². The molecule has 0 aromatic carbocycles. The average Bonchev–Trinajstić information content (AvgIpc) is 2.81. The molecule has 2 aliphatic heterocycles. The number of hydrogen-bond acceptors (Lipinski definition) is 4. The van der Waals surface area contributed by atoms with Gasteiger partial charge in [-0.1, -0.05) is 0 Å². The summed E-state index contributed by atoms with van der Waals surface area (Å²) in [7, 11) is 0. The van der Waals surface area contributed by atoms with E-state index in [0.717, 1.165) is 0 Å². The van der Waals surface area contributed by atoms with Gasteiger partial charge in [0.1, 0.15) is 12.1 Å². The number of carboxylic acids is 1. The van der Waals surface area contributed by atoms with E-state index in [4.69, 9.17) is 5.11 Å². The molecule has 8 heteroatoms. The monoisotopic (exact) mass is 273 g/mol. The molecule has 0 aromatic heterocycles. The van der Waals surface area contributed by atoms with Gasteiger partial charge < -0.3 is 20.2 Å². The first-order valence-corrected chi connectivity index (χ1v) is 6.83. The molecule has 0 aromatic rings. The first-order chi connectivity index (χ1) is 8.52. The minimum absolute atomic E-state index is 0.201. The minimum Gasteiger partial charge on any atom is -0.480 e. The third-order valence-corrected chi connectivity index (χ3v) is 4.17. The summed E-state index contributed by atoms with van der Waals surface area (Å²) in [6.07, 6.45) is 0. The molecule has 100 valence electrons. The molecular weight excluding hydrogens is 258 g/mol. The molecule has 0 bridgehead atoms. The van der Waals surface area contributed by atoms with E-state index in [-0.39, 0.29) is 11.9 Å². The quantitative estimate of drug-likeness (QED) is 0.665. The van der Waals surface area contributed by atoms with Crippen molar-refractivity contribution in [3.63, 3.8) is 0 Å². The molecule has 0 saturated carbocycles. The summed E-state index contributed by atoms with van der Waals surface area (Å²) in [6, 6.07) is -1.71. The van der Waals surface area contributed by atoms with Crippen molar-refractivity contribution in [3.8, 4) is 0 Å². The van der Waals surface area contributed by atoms with Crippen LogP contribution in [0.3, 0.4) is 0 Å². The zero-order valence-electron chi connectivity index (χ0n) is 9.96. The Labute approximate surface area is 108 Å². The van der Waals surface area contributed by atoms with Crippen molar-refractivity contribution in [1.82, 2.24) is 15.1 Å². The van der Waals surface area contributed by atoms with Gasteiger partial charge in [0.05, 0.1) is 5.88 Å². The third kappa shape index (κ3) is 2.24. The summed E-state index contributed by atoms with van der Waals surface area (Å²) in [5.74, 6) is -0.438. The highest BCUT2D eigenvalue weighted by Crippen LogP contribution is 2.23. The normalized spacial score (nSPS) is 28.2. The highest BCUT2D eigenvalue weighted by molar-refractivity contribution is 7.99. The van der Waals surface area contributed by atoms with E-state index in [1.165, 1.54) is 21.6 Å². The molecule has 0 spiro atoms. The molecule has 2 atom stereocenters. The Balaban J connectivity index is 2.10. The molecule has 2 heterocycles. The SMILES string of the molecule is CC1C(=O)NCCN1C(=O)N1CSCC1C(=O)O. The smallest absolute Gasteiger partial charge is 0.327 e. The van der Waals surface area contributed by atoms with Crippen LogP contribution in [0.2, 0.25) is 0 Å². The number of nitrogens with one attached hydrogen (secondary N) is 1. The number of hydrogen-bond donors (Lipinski definition) is 2. The second-order valence-electron chi connectivity index (χ2n) is 4.27. The predicted molar refractivity (Wildman–Crippen MR) is 65.2 cm³/mol. The second-order valence-corrected chi connectivity index (χ2v) is 5.27. The fourth-order valence-corrected chi connectivity index (χ4v) is 3.18. The molecule has 3 amide bonds. The van der Waals surface area contributed by atoms with Crippen LogP contribution < -0.4 is 5.32 Å². The minimum atomic E-state index is -0.998. The van der Waals surface area contributed by atoms with Gasteiger partial charge >= 0.3 is 12.0 Å². The van der Waals surface area contributed by atoms with Gasteiger partial charge in [-0.05, 0) is 6.92 Å². The van der Waals surface area contributed by atoms with Gasteiger partial charge in [-0.15, -0.1) is 11.8 Å². The van der Waals surface area contributed by atoms with Gasteiger partial charge in [0.25, 0.3) is 0 Å². The Hall–Kier alpha value is -1.44. The van der Waals surface area contributed by atoms with Crippen LogP contribution in [0, 0.1) is 0 Å². The lowest BCUT2D eigenvalue weighted by molar-refractivity contribution is -0.141. The lowest BCUT2D eigenvalue weighted by atomic mass is 10.2. The van der Waals surface area contributed by atoms with Crippen molar-refractivity contribution in [2.24, 2.45) is 0 Å². The highest BCUT2D eigenvalue weighted by atomic mass is 32.2. The topological polar surface area (TPSA) is 90.0 Å². The van der Waals surface area contributed by atoms with E-state index in [2.05, 4.69) is 5.32 Å². The zero-order chi connectivity index (χ0) is 13.3. The van der Waals surface area contributed by atoms with Crippen molar-refractivity contribution in [2.75, 3.05) is 24.7 Å². The maximum atomic E-state index is 12.3. The first kappa shape index (κ1) is 13.0. The van der Waals surface area contributed by atoms with Crippen LogP contribution in [-0.2, 0) is 9.59 Å². The van der Waals surface area contributed by atoms with E-state index in [1.807, 2.05) is 0 Å². The molecule has 0 aliphatic carbocycles. The summed E-state index contributed by atoms with van der Waals surface area (Å²) < 4.78 is 0. The number of urea groups is 1. The standard InChI is InChI=1S/C10H15N3O4S/c1-6-8(14)11-2-3-12(6)10(17)13-5-18-4-7(13)9(15)16/h6-7H,2-5H2,1H3,(H,11,14)(H,15,16). The summed E-state index contributed by atoms with van der Waals surface area (Å²) in [5.41, 5.74) is 0. The van der Waals surface area contributed by atoms with E-state index in [1.54, 1.807) is 6.92 Å². The van der Waals surface area contributed by atoms with Gasteiger partial charge in [-0.3, -0.25) is 4.79 Å². The molecule has 2 unspecified atom stereocenters. The van der Waals surface area contributed by atoms with Crippen molar-refractivity contribution in [3.05, 3.63) is 0 Å². The zero-order valence-corrected chi connectivity index (χ0v) is 10.8. The number of thioether (sulfide) groups is 1. The number of carbonyl (C=O) groups excluding carboxylic acids is 2. The van der Waals surface area contributed by atoms with Gasteiger partial charge in [-0.25, -0.2) is 9.59 Å². The number of rotatable bonds is 1. The Morgan fingerprint density at radius 1 is 1.44 bits per heavy atom. The van der Waals surface area contributed by atoms with E-state index < -0.39 is 18.1 Å². The number of amides is 3. The predicted octanol–water partition coefficient (Wildman–Crippen LogP) is -0.614. The molecule has 2 saturated heterocycles. The fraction of sp³-hybridized carbons (Fsp3) is 0.700. The van der Waals surface area contributed by atoms with E-state index in [0.29, 0.717) is 24.7 Å². The Morgan fingerprint density at radius 2 is 2.17 bits per heavy atom. The summed E-state index contributed by atoms with van der Waals surface area (Å²) in [4.78, 5) is 37.6. The number of piperazine rings is 1. The highest BCUT2D eigenvalue weighted by Gasteiger charge is 2.39. The van der Waals surface area contributed by atoms with Crippen molar-refractivity contribution < 1.29 is 19.5 Å². The number of aliphatic carboxylic acids is 1. The Kier molecular flexibility index (Phi) is 3.65. The van der Waals surface area contributed by atoms with Crippen molar-refractivity contribution >= 4 is 29.7 Å². The Bertz CT molecular complexity index is 385. The van der Waals surface area contributed by atoms with Crippen LogP contribution in [0.5, 0.6) is 0 Å². The van der Waals surface area contributed by atoms with Gasteiger partial charge in [0.2, 0.25) is 5.91 Å². The van der Waals surface area contributed by atoms with Crippen molar-refractivity contribution in [1.29, 1.82) is 0 Å². The lowest BCUT2D eigenvalue weighted by Gasteiger charge is -2.36. The van der Waals surface area contributed by atoms with Crippen LogP contribution in [0.1, 0.15) is 6.92 Å². The maximum absolute atomic E-state index is 12.3. The number of nitrogens with zero attached hydrogens (tertiary/aromatic N) is 2. The lowest BCUT2D eigenvalue weighted by Crippen LogP contribution is -2.60. The second kappa shape index (κ2) is 5.05. The van der Waals surface area contributed by atoms with Crippen LogP contribution in [0.4, 0.5) is 4.79 Å². The van der Waals surface area contributed by atoms with Crippen LogP contribution >= 0.6 is 11.8 Å². The van der Waals surface area contributed by atoms with Gasteiger partial charge in [0, 0.05) is 18.8 Å². The molecule has 7 nitrogen and oxygen atoms in total. The average molecular weight is 273 g/mol. The summed E-state index contributed by atoms with van der Waals surface area (Å²) >= 11 is 1.41. The molecular formula is C10H15N3O4S. The third-order valence-electron chi connectivity index (χ3n) is 3.16. The van der Waals surface area contributed by atoms with E-state index in [9.17, 15) is 14.4 Å². The molecule has 0 radical (unpaired) electrons. The van der Waals surface area contributed by atoms with Gasteiger partial charge in [0.15, 0.2) is 0 Å². The summed E-state index contributed by atoms with van der Waals surface area (Å²) in [6.45, 7) is 2.47. The Morgan fingerprint density at radius 3 is 2.83 bits per heavy atom. The number of carbonyl (C=O) groups is 3. The number of carboxylic acid groups (broad SMARTS) is 1. The van der Waals surface area contributed by atoms with Crippen LogP contribution in [0.15, 0.2) is 0 Å². The van der Waals surface area contributed by atoms with Crippen LogP contribution in [0.25, 0.3) is 0 Å². The van der Waals surface area contributed by atoms with E-state index >= 15 is 0 Å². The largest absolute Gasteiger partial charge is 0.480 e. The first-order valence-electron chi connectivity index (χ1n) is 5.68. The molecule has 2 fully saturated rings. The fourth-order valence-electron chi connectivity index (χ4n) is 2.04. The molecule has 2 rings (SSSR count). The maximum Gasteiger partial charge on any atom is 0.327 e. The van der Waals surface area contributed by atoms with Crippen LogP contribution in [-0.4, -0.2) is 69.6 Å². The molecule has 18 heavy (non-hydrogen) atoms. The molecule has 2 aliphatic rings. The summed E-state index contributed by atoms with van der Waals surface area (Å²) in [5, 5.41) is 11.7. The molecule has 2 N–H and O–H groups in total. The van der Waals surface area contributed by atoms with Crippen molar-refractivity contribution in [2.45, 2.75) is 19.0 Å².